The van der Waals surface area contributed by atoms with Crippen molar-refractivity contribution in [2.45, 2.75) is 44.6 Å². The lowest BCUT2D eigenvalue weighted by Crippen LogP contribution is -2.30. The molecule has 1 heterocycles. The molecule has 2 heteroatoms. The Hall–Kier alpha value is -0.530. The van der Waals surface area contributed by atoms with E-state index in [9.17, 15) is 4.79 Å². The predicted molar refractivity (Wildman–Crippen MR) is 41.1 cm³/mol. The summed E-state index contributed by atoms with van der Waals surface area (Å²) in [5, 5.41) is 0. The van der Waals surface area contributed by atoms with E-state index in [1.165, 1.54) is 12.8 Å². The van der Waals surface area contributed by atoms with Crippen LogP contribution in [0.15, 0.2) is 0 Å². The highest BCUT2D eigenvalue weighted by Crippen LogP contribution is 2.45. The summed E-state index contributed by atoms with van der Waals surface area (Å²) in [5.74, 6) is 0.604. The van der Waals surface area contributed by atoms with Crippen LogP contribution in [-0.4, -0.2) is 11.6 Å². The molecule has 0 bridgehead atoms. The molecule has 1 saturated heterocycles. The summed E-state index contributed by atoms with van der Waals surface area (Å²) >= 11 is 0. The molecule has 0 aromatic carbocycles. The SMILES string of the molecule is CC1CCCC12CCC(=O)O2. The molecule has 0 radical (unpaired) electrons. The van der Waals surface area contributed by atoms with Gasteiger partial charge in [-0.15, -0.1) is 0 Å². The number of carbonyl (C=O) groups is 1. The first-order valence-corrected chi connectivity index (χ1v) is 4.45. The van der Waals surface area contributed by atoms with Crippen LogP contribution in [-0.2, 0) is 9.53 Å². The van der Waals surface area contributed by atoms with E-state index in [4.69, 9.17) is 4.74 Å². The van der Waals surface area contributed by atoms with Crippen LogP contribution >= 0.6 is 0 Å². The van der Waals surface area contributed by atoms with Gasteiger partial charge in [0.2, 0.25) is 0 Å². The molecule has 2 nitrogen and oxygen atoms in total. The molecule has 2 unspecified atom stereocenters. The third kappa shape index (κ3) is 0.959. The Morgan fingerprint density at radius 1 is 1.55 bits per heavy atom. The van der Waals surface area contributed by atoms with Crippen LogP contribution in [0.5, 0.6) is 0 Å². The van der Waals surface area contributed by atoms with Gasteiger partial charge in [0.05, 0.1) is 0 Å². The van der Waals surface area contributed by atoms with Crippen LogP contribution in [0.3, 0.4) is 0 Å². The summed E-state index contributed by atoms with van der Waals surface area (Å²) in [4.78, 5) is 10.9. The molecule has 2 rings (SSSR count). The molecule has 2 aliphatic rings. The Balaban J connectivity index is 2.16. The Bertz CT molecular complexity index is 188. The molecule has 1 spiro atoms. The lowest BCUT2D eigenvalue weighted by atomic mass is 9.90. The molecule has 0 N–H and O–H groups in total. The summed E-state index contributed by atoms with van der Waals surface area (Å²) < 4.78 is 5.38. The van der Waals surface area contributed by atoms with Gasteiger partial charge in [-0.05, 0) is 31.6 Å². The number of hydrogen-bond donors (Lipinski definition) is 0. The molecule has 2 fully saturated rings. The fourth-order valence-corrected chi connectivity index (χ4v) is 2.38. The Morgan fingerprint density at radius 2 is 2.36 bits per heavy atom. The number of esters is 1. The normalized spacial score (nSPS) is 43.4. The van der Waals surface area contributed by atoms with Gasteiger partial charge >= 0.3 is 5.97 Å². The van der Waals surface area contributed by atoms with E-state index in [1.807, 2.05) is 0 Å². The number of ether oxygens (including phenoxy) is 1. The quantitative estimate of drug-likeness (QED) is 0.498. The van der Waals surface area contributed by atoms with Crippen molar-refractivity contribution < 1.29 is 9.53 Å². The summed E-state index contributed by atoms with van der Waals surface area (Å²) in [7, 11) is 0. The van der Waals surface area contributed by atoms with Crippen LogP contribution in [0.2, 0.25) is 0 Å². The Labute approximate surface area is 66.9 Å². The van der Waals surface area contributed by atoms with Gasteiger partial charge in [0.1, 0.15) is 5.60 Å². The maximum atomic E-state index is 10.9. The van der Waals surface area contributed by atoms with Crippen LogP contribution in [0.4, 0.5) is 0 Å². The molecule has 2 atom stereocenters. The maximum absolute atomic E-state index is 10.9. The Morgan fingerprint density at radius 3 is 2.82 bits per heavy atom. The molecule has 0 amide bonds. The highest BCUT2D eigenvalue weighted by Gasteiger charge is 2.47. The minimum absolute atomic E-state index is 0.0127. The predicted octanol–water partition coefficient (Wildman–Crippen LogP) is 1.88. The van der Waals surface area contributed by atoms with Crippen molar-refractivity contribution in [3.63, 3.8) is 0 Å². The lowest BCUT2D eigenvalue weighted by molar-refractivity contribution is -0.150. The summed E-state index contributed by atoms with van der Waals surface area (Å²) in [6, 6.07) is 0. The molecule has 0 aromatic heterocycles. The van der Waals surface area contributed by atoms with Gasteiger partial charge in [-0.2, -0.15) is 0 Å². The van der Waals surface area contributed by atoms with E-state index in [0.717, 1.165) is 12.8 Å². The second-order valence-electron chi connectivity index (χ2n) is 3.83. The number of rotatable bonds is 0. The standard InChI is InChI=1S/C9H14O2/c1-7-3-2-5-9(7)6-4-8(10)11-9/h7H,2-6H2,1H3. The zero-order valence-corrected chi connectivity index (χ0v) is 6.93. The zero-order chi connectivity index (χ0) is 7.90. The molecule has 1 aliphatic carbocycles. The zero-order valence-electron chi connectivity index (χ0n) is 6.93. The number of carbonyl (C=O) groups excluding carboxylic acids is 1. The molecular formula is C9H14O2. The second-order valence-corrected chi connectivity index (χ2v) is 3.83. The van der Waals surface area contributed by atoms with E-state index in [-0.39, 0.29) is 11.6 Å². The monoisotopic (exact) mass is 154 g/mol. The first-order valence-electron chi connectivity index (χ1n) is 4.45. The molecule has 0 aromatic rings. The van der Waals surface area contributed by atoms with Crippen molar-refractivity contribution in [2.75, 3.05) is 0 Å². The fourth-order valence-electron chi connectivity index (χ4n) is 2.38. The topological polar surface area (TPSA) is 26.3 Å². The van der Waals surface area contributed by atoms with Gasteiger partial charge in [0, 0.05) is 6.42 Å². The van der Waals surface area contributed by atoms with Crippen LogP contribution in [0.1, 0.15) is 39.0 Å². The molecule has 1 saturated carbocycles. The highest BCUT2D eigenvalue weighted by atomic mass is 16.6. The van der Waals surface area contributed by atoms with Gasteiger partial charge in [0.25, 0.3) is 0 Å². The number of hydrogen-bond acceptors (Lipinski definition) is 2. The van der Waals surface area contributed by atoms with E-state index < -0.39 is 0 Å². The first kappa shape index (κ1) is 7.14. The molecular weight excluding hydrogens is 140 g/mol. The smallest absolute Gasteiger partial charge is 0.306 e. The van der Waals surface area contributed by atoms with E-state index >= 15 is 0 Å². The first-order chi connectivity index (χ1) is 5.23. The van der Waals surface area contributed by atoms with Gasteiger partial charge in [-0.1, -0.05) is 6.92 Å². The van der Waals surface area contributed by atoms with Gasteiger partial charge < -0.3 is 4.74 Å². The van der Waals surface area contributed by atoms with Crippen molar-refractivity contribution in [3.05, 3.63) is 0 Å². The van der Waals surface area contributed by atoms with E-state index in [2.05, 4.69) is 6.92 Å². The average Bonchev–Trinajstić information content (AvgIpc) is 2.46. The van der Waals surface area contributed by atoms with Crippen molar-refractivity contribution >= 4 is 5.97 Å². The van der Waals surface area contributed by atoms with E-state index in [0.29, 0.717) is 12.3 Å². The van der Waals surface area contributed by atoms with Gasteiger partial charge in [-0.3, -0.25) is 4.79 Å². The van der Waals surface area contributed by atoms with Crippen LogP contribution < -0.4 is 0 Å². The third-order valence-electron chi connectivity index (χ3n) is 3.20. The third-order valence-corrected chi connectivity index (χ3v) is 3.20. The van der Waals surface area contributed by atoms with Gasteiger partial charge in [-0.25, -0.2) is 0 Å². The largest absolute Gasteiger partial charge is 0.459 e. The van der Waals surface area contributed by atoms with Gasteiger partial charge in [0.15, 0.2) is 0 Å². The fraction of sp³-hybridized carbons (Fsp3) is 0.889. The lowest BCUT2D eigenvalue weighted by Gasteiger charge is -2.26. The second kappa shape index (κ2) is 2.23. The van der Waals surface area contributed by atoms with Crippen LogP contribution in [0, 0.1) is 5.92 Å². The van der Waals surface area contributed by atoms with Crippen molar-refractivity contribution in [1.29, 1.82) is 0 Å². The molecule has 11 heavy (non-hydrogen) atoms. The summed E-state index contributed by atoms with van der Waals surface area (Å²) in [6.07, 6.45) is 5.17. The van der Waals surface area contributed by atoms with Crippen molar-refractivity contribution in [2.24, 2.45) is 5.92 Å². The Kier molecular flexibility index (Phi) is 1.44. The highest BCUT2D eigenvalue weighted by molar-refractivity contribution is 5.72. The van der Waals surface area contributed by atoms with Crippen LogP contribution in [0.25, 0.3) is 0 Å². The van der Waals surface area contributed by atoms with Crippen molar-refractivity contribution in [1.82, 2.24) is 0 Å². The summed E-state index contributed by atoms with van der Waals surface area (Å²) in [6.45, 7) is 2.20. The summed E-state index contributed by atoms with van der Waals surface area (Å²) in [5.41, 5.74) is -0.0307. The minimum Gasteiger partial charge on any atom is -0.459 e. The molecule has 62 valence electrons. The molecule has 1 aliphatic heterocycles. The maximum Gasteiger partial charge on any atom is 0.306 e. The average molecular weight is 154 g/mol. The van der Waals surface area contributed by atoms with E-state index in [1.54, 1.807) is 0 Å². The minimum atomic E-state index is -0.0307. The van der Waals surface area contributed by atoms with Crippen molar-refractivity contribution in [3.8, 4) is 0 Å².